The topological polar surface area (TPSA) is 69.6 Å². The quantitative estimate of drug-likeness (QED) is 0.683. The van der Waals surface area contributed by atoms with Crippen molar-refractivity contribution in [3.05, 3.63) is 35.2 Å². The second-order valence-corrected chi connectivity index (χ2v) is 6.27. The fraction of sp³-hybridized carbons (Fsp3) is 0.273. The molecule has 3 rings (SSSR count). The van der Waals surface area contributed by atoms with Crippen molar-refractivity contribution in [1.82, 2.24) is 25.1 Å². The van der Waals surface area contributed by atoms with Gasteiger partial charge in [-0.05, 0) is 18.4 Å². The standard InChI is InChI=1S/C11H10BrN5OS/c1-7(12)8-5-17(16-14-8)6-10-13-11(18-15-10)9-3-2-4-19-9/h2-5,7H,6H2,1H3. The summed E-state index contributed by atoms with van der Waals surface area (Å²) in [5, 5.41) is 14.0. The zero-order chi connectivity index (χ0) is 13.2. The van der Waals surface area contributed by atoms with Crippen LogP contribution >= 0.6 is 27.3 Å². The molecule has 98 valence electrons. The van der Waals surface area contributed by atoms with E-state index in [1.807, 2.05) is 30.6 Å². The number of nitrogens with zero attached hydrogens (tertiary/aromatic N) is 5. The monoisotopic (exact) mass is 339 g/mol. The maximum atomic E-state index is 5.21. The average molecular weight is 340 g/mol. The first-order valence-corrected chi connectivity index (χ1v) is 7.42. The van der Waals surface area contributed by atoms with Gasteiger partial charge in [-0.2, -0.15) is 4.98 Å². The predicted octanol–water partition coefficient (Wildman–Crippen LogP) is 2.89. The zero-order valence-corrected chi connectivity index (χ0v) is 12.4. The Morgan fingerprint density at radius 1 is 1.53 bits per heavy atom. The van der Waals surface area contributed by atoms with Crippen molar-refractivity contribution >= 4 is 27.3 Å². The Hall–Kier alpha value is -1.54. The second kappa shape index (κ2) is 5.22. The maximum absolute atomic E-state index is 5.21. The molecule has 19 heavy (non-hydrogen) atoms. The number of alkyl halides is 1. The molecule has 0 saturated heterocycles. The first-order chi connectivity index (χ1) is 9.22. The Morgan fingerprint density at radius 3 is 3.11 bits per heavy atom. The largest absolute Gasteiger partial charge is 0.333 e. The molecule has 0 amide bonds. The normalized spacial score (nSPS) is 12.7. The fourth-order valence-electron chi connectivity index (χ4n) is 1.54. The molecule has 0 aliphatic carbocycles. The lowest BCUT2D eigenvalue weighted by atomic mass is 10.4. The highest BCUT2D eigenvalue weighted by atomic mass is 79.9. The van der Waals surface area contributed by atoms with Gasteiger partial charge in [-0.1, -0.05) is 32.4 Å². The van der Waals surface area contributed by atoms with Crippen LogP contribution in [0.15, 0.2) is 28.2 Å². The van der Waals surface area contributed by atoms with Crippen molar-refractivity contribution in [1.29, 1.82) is 0 Å². The van der Waals surface area contributed by atoms with E-state index in [1.165, 1.54) is 0 Å². The summed E-state index contributed by atoms with van der Waals surface area (Å²) >= 11 is 5.01. The molecule has 1 unspecified atom stereocenters. The van der Waals surface area contributed by atoms with Crippen molar-refractivity contribution in [2.75, 3.05) is 0 Å². The van der Waals surface area contributed by atoms with Crippen molar-refractivity contribution in [2.24, 2.45) is 0 Å². The van der Waals surface area contributed by atoms with E-state index < -0.39 is 0 Å². The number of hydrogen-bond acceptors (Lipinski definition) is 6. The lowest BCUT2D eigenvalue weighted by molar-refractivity contribution is 0.419. The average Bonchev–Trinajstić information content (AvgIpc) is 3.09. The summed E-state index contributed by atoms with van der Waals surface area (Å²) in [5.74, 6) is 1.13. The number of hydrogen-bond donors (Lipinski definition) is 0. The molecule has 0 saturated carbocycles. The molecular formula is C11H10BrN5OS. The van der Waals surface area contributed by atoms with Crippen LogP contribution < -0.4 is 0 Å². The molecule has 0 aliphatic heterocycles. The van der Waals surface area contributed by atoms with Gasteiger partial charge in [0.05, 0.1) is 21.6 Å². The molecule has 0 N–H and O–H groups in total. The highest BCUT2D eigenvalue weighted by molar-refractivity contribution is 9.09. The highest BCUT2D eigenvalue weighted by Crippen LogP contribution is 2.22. The van der Waals surface area contributed by atoms with Gasteiger partial charge in [0.1, 0.15) is 6.54 Å². The van der Waals surface area contributed by atoms with Crippen LogP contribution in [0, 0.1) is 0 Å². The molecule has 3 aromatic rings. The van der Waals surface area contributed by atoms with Gasteiger partial charge >= 0.3 is 0 Å². The van der Waals surface area contributed by atoms with Crippen molar-refractivity contribution < 1.29 is 4.52 Å². The smallest absolute Gasteiger partial charge is 0.268 e. The van der Waals surface area contributed by atoms with Crippen LogP contribution in [0.1, 0.15) is 23.3 Å². The lowest BCUT2D eigenvalue weighted by Crippen LogP contribution is -2.02. The Labute approximate surface area is 121 Å². The predicted molar refractivity (Wildman–Crippen MR) is 74.1 cm³/mol. The molecule has 6 nitrogen and oxygen atoms in total. The van der Waals surface area contributed by atoms with Crippen LogP contribution in [-0.4, -0.2) is 25.1 Å². The number of halogens is 1. The number of aromatic nitrogens is 5. The van der Waals surface area contributed by atoms with Crippen LogP contribution in [0.4, 0.5) is 0 Å². The van der Waals surface area contributed by atoms with Crippen molar-refractivity contribution in [2.45, 2.75) is 18.3 Å². The van der Waals surface area contributed by atoms with Gasteiger partial charge in [0.2, 0.25) is 0 Å². The minimum Gasteiger partial charge on any atom is -0.333 e. The highest BCUT2D eigenvalue weighted by Gasteiger charge is 2.12. The van der Waals surface area contributed by atoms with Gasteiger partial charge < -0.3 is 4.52 Å². The van der Waals surface area contributed by atoms with E-state index in [4.69, 9.17) is 4.52 Å². The molecule has 0 spiro atoms. The van der Waals surface area contributed by atoms with Crippen LogP contribution in [0.3, 0.4) is 0 Å². The maximum Gasteiger partial charge on any atom is 0.268 e. The number of rotatable bonds is 4. The minimum absolute atomic E-state index is 0.174. The van der Waals surface area contributed by atoms with Gasteiger partial charge in [-0.15, -0.1) is 16.4 Å². The van der Waals surface area contributed by atoms with E-state index in [0.29, 0.717) is 18.3 Å². The van der Waals surface area contributed by atoms with Gasteiger partial charge in [-0.3, -0.25) is 0 Å². The van der Waals surface area contributed by atoms with Crippen LogP contribution in [0.5, 0.6) is 0 Å². The van der Waals surface area contributed by atoms with E-state index in [2.05, 4.69) is 36.4 Å². The molecule has 8 heteroatoms. The fourth-order valence-corrected chi connectivity index (χ4v) is 2.39. The summed E-state index contributed by atoms with van der Waals surface area (Å²) in [6.45, 7) is 2.44. The van der Waals surface area contributed by atoms with E-state index >= 15 is 0 Å². The molecule has 0 aromatic carbocycles. The minimum atomic E-state index is 0.174. The molecule has 0 fully saturated rings. The SMILES string of the molecule is CC(Br)c1cn(Cc2noc(-c3cccs3)n2)nn1. The third-order valence-electron chi connectivity index (χ3n) is 2.47. The van der Waals surface area contributed by atoms with Gasteiger partial charge in [0, 0.05) is 0 Å². The number of thiophene rings is 1. The molecule has 0 aliphatic rings. The second-order valence-electron chi connectivity index (χ2n) is 3.95. The summed E-state index contributed by atoms with van der Waals surface area (Å²) in [4.78, 5) is 5.47. The summed E-state index contributed by atoms with van der Waals surface area (Å²) < 4.78 is 6.90. The first kappa shape index (κ1) is 12.5. The summed E-state index contributed by atoms with van der Waals surface area (Å²) in [7, 11) is 0. The van der Waals surface area contributed by atoms with Crippen molar-refractivity contribution in [3.8, 4) is 10.8 Å². The Kier molecular flexibility index (Phi) is 3.43. The lowest BCUT2D eigenvalue weighted by Gasteiger charge is -1.94. The van der Waals surface area contributed by atoms with Crippen molar-refractivity contribution in [3.63, 3.8) is 0 Å². The van der Waals surface area contributed by atoms with Crippen LogP contribution in [0.2, 0.25) is 0 Å². The Bertz CT molecular complexity index is 660. The Balaban J connectivity index is 1.76. The van der Waals surface area contributed by atoms with E-state index in [1.54, 1.807) is 16.0 Å². The molecule has 0 bridgehead atoms. The van der Waals surface area contributed by atoms with Gasteiger partial charge in [-0.25, -0.2) is 4.68 Å². The zero-order valence-electron chi connectivity index (χ0n) is 10.0. The van der Waals surface area contributed by atoms with E-state index in [-0.39, 0.29) is 4.83 Å². The molecule has 3 heterocycles. The van der Waals surface area contributed by atoms with E-state index in [9.17, 15) is 0 Å². The van der Waals surface area contributed by atoms with Crippen LogP contribution in [-0.2, 0) is 6.54 Å². The first-order valence-electron chi connectivity index (χ1n) is 5.63. The molecule has 0 radical (unpaired) electrons. The summed E-state index contributed by atoms with van der Waals surface area (Å²) in [6, 6.07) is 3.90. The third-order valence-corrected chi connectivity index (χ3v) is 3.79. The van der Waals surface area contributed by atoms with Crippen LogP contribution in [0.25, 0.3) is 10.8 Å². The Morgan fingerprint density at radius 2 is 2.42 bits per heavy atom. The summed E-state index contributed by atoms with van der Waals surface area (Å²) in [5.41, 5.74) is 0.877. The molecule has 1 atom stereocenters. The van der Waals surface area contributed by atoms with Gasteiger partial charge in [0.15, 0.2) is 5.82 Å². The van der Waals surface area contributed by atoms with E-state index in [0.717, 1.165) is 10.6 Å². The molecular weight excluding hydrogens is 330 g/mol. The third kappa shape index (κ3) is 2.74. The van der Waals surface area contributed by atoms with Gasteiger partial charge in [0.25, 0.3) is 5.89 Å². The molecule has 3 aromatic heterocycles. The summed E-state index contributed by atoms with van der Waals surface area (Å²) in [6.07, 6.45) is 1.86.